The van der Waals surface area contributed by atoms with Gasteiger partial charge >= 0.3 is 0 Å². The Labute approximate surface area is 94.6 Å². The van der Waals surface area contributed by atoms with Crippen LogP contribution in [-0.2, 0) is 7.05 Å². The second kappa shape index (κ2) is 3.56. The fourth-order valence-corrected chi connectivity index (χ4v) is 3.15. The summed E-state index contributed by atoms with van der Waals surface area (Å²) in [5, 5.41) is 0. The lowest BCUT2D eigenvalue weighted by molar-refractivity contribution is -0.685. The van der Waals surface area contributed by atoms with Crippen LogP contribution in [-0.4, -0.2) is 4.98 Å². The Morgan fingerprint density at radius 3 is 2.60 bits per heavy atom. The summed E-state index contributed by atoms with van der Waals surface area (Å²) in [6.45, 7) is 8.84. The van der Waals surface area contributed by atoms with E-state index in [0.717, 1.165) is 5.52 Å². The van der Waals surface area contributed by atoms with Crippen LogP contribution in [0.25, 0.3) is 10.2 Å². The standard InChI is InChI=1S/C12H17N2S/c1-7(2)11-8(3)12-10(13-6-15-12)9(4)14(11)5/h6-7H,1-5H3/q+1. The molecule has 0 amide bonds. The van der Waals surface area contributed by atoms with E-state index in [1.165, 1.54) is 21.7 Å². The molecule has 2 aromatic rings. The van der Waals surface area contributed by atoms with Gasteiger partial charge in [-0.25, -0.2) is 9.55 Å². The average molecular weight is 221 g/mol. The van der Waals surface area contributed by atoms with Gasteiger partial charge in [0.05, 0.1) is 10.2 Å². The second-order valence-corrected chi connectivity index (χ2v) is 5.19. The number of thiazole rings is 1. The van der Waals surface area contributed by atoms with Crippen LogP contribution in [0.3, 0.4) is 0 Å². The normalized spacial score (nSPS) is 11.6. The molecule has 2 rings (SSSR count). The molecule has 2 aromatic heterocycles. The third-order valence-electron chi connectivity index (χ3n) is 3.05. The first kappa shape index (κ1) is 10.6. The summed E-state index contributed by atoms with van der Waals surface area (Å²) in [6.07, 6.45) is 0. The molecule has 0 aliphatic heterocycles. The van der Waals surface area contributed by atoms with Crippen LogP contribution in [0.4, 0.5) is 0 Å². The first-order valence-electron chi connectivity index (χ1n) is 5.26. The first-order valence-corrected chi connectivity index (χ1v) is 6.14. The molecule has 0 atom stereocenters. The summed E-state index contributed by atoms with van der Waals surface area (Å²) < 4.78 is 3.62. The summed E-state index contributed by atoms with van der Waals surface area (Å²) in [5.74, 6) is 0.556. The van der Waals surface area contributed by atoms with Crippen LogP contribution in [0.15, 0.2) is 5.51 Å². The van der Waals surface area contributed by atoms with Gasteiger partial charge in [-0.15, -0.1) is 11.3 Å². The van der Waals surface area contributed by atoms with E-state index in [1.807, 2.05) is 5.51 Å². The van der Waals surface area contributed by atoms with Crippen LogP contribution in [0.2, 0.25) is 0 Å². The molecule has 0 saturated carbocycles. The van der Waals surface area contributed by atoms with Gasteiger partial charge in [-0.3, -0.25) is 0 Å². The molecule has 15 heavy (non-hydrogen) atoms. The number of hydrogen-bond donors (Lipinski definition) is 0. The van der Waals surface area contributed by atoms with Crippen molar-refractivity contribution in [2.45, 2.75) is 33.6 Å². The molecule has 0 fully saturated rings. The summed E-state index contributed by atoms with van der Waals surface area (Å²) in [4.78, 5) is 4.44. The second-order valence-electron chi connectivity index (χ2n) is 4.34. The number of hydrogen-bond acceptors (Lipinski definition) is 2. The zero-order valence-electron chi connectivity index (χ0n) is 9.96. The Balaban J connectivity index is 2.92. The SMILES string of the molecule is Cc1c(C(C)C)[n+](C)c(C)c2ncsc12. The third-order valence-corrected chi connectivity index (χ3v) is 3.99. The molecule has 80 valence electrons. The lowest BCUT2D eigenvalue weighted by Gasteiger charge is -2.09. The summed E-state index contributed by atoms with van der Waals surface area (Å²) in [7, 11) is 2.14. The van der Waals surface area contributed by atoms with Gasteiger partial charge in [0, 0.05) is 18.4 Å². The number of aromatic nitrogens is 2. The van der Waals surface area contributed by atoms with E-state index in [2.05, 4.69) is 44.3 Å². The van der Waals surface area contributed by atoms with Gasteiger partial charge in [-0.1, -0.05) is 13.8 Å². The highest BCUT2D eigenvalue weighted by Gasteiger charge is 2.22. The minimum absolute atomic E-state index is 0.556. The largest absolute Gasteiger partial charge is 0.238 e. The lowest BCUT2D eigenvalue weighted by Crippen LogP contribution is -2.38. The van der Waals surface area contributed by atoms with Crippen molar-refractivity contribution in [1.29, 1.82) is 0 Å². The van der Waals surface area contributed by atoms with E-state index in [9.17, 15) is 0 Å². The number of pyridine rings is 1. The molecule has 3 heteroatoms. The molecular weight excluding hydrogens is 204 g/mol. The molecular formula is C12H17N2S+. The molecule has 0 spiro atoms. The van der Waals surface area contributed by atoms with Crippen molar-refractivity contribution in [3.8, 4) is 0 Å². The Hall–Kier alpha value is -0.960. The topological polar surface area (TPSA) is 16.8 Å². The molecule has 0 radical (unpaired) electrons. The van der Waals surface area contributed by atoms with Crippen LogP contribution in [0.1, 0.15) is 36.7 Å². The van der Waals surface area contributed by atoms with Gasteiger partial charge in [-0.05, 0) is 6.92 Å². The monoisotopic (exact) mass is 221 g/mol. The van der Waals surface area contributed by atoms with Gasteiger partial charge in [0.25, 0.3) is 0 Å². The number of nitrogens with zero attached hydrogens (tertiary/aromatic N) is 2. The van der Waals surface area contributed by atoms with E-state index >= 15 is 0 Å². The van der Waals surface area contributed by atoms with Gasteiger partial charge in [0.1, 0.15) is 12.6 Å². The predicted octanol–water partition coefficient (Wildman–Crippen LogP) is 2.86. The van der Waals surface area contributed by atoms with E-state index < -0.39 is 0 Å². The number of fused-ring (bicyclic) bond motifs is 1. The van der Waals surface area contributed by atoms with Gasteiger partial charge in [-0.2, -0.15) is 0 Å². The highest BCUT2D eigenvalue weighted by Crippen LogP contribution is 2.27. The summed E-state index contributed by atoms with van der Waals surface area (Å²) in [6, 6.07) is 0. The smallest absolute Gasteiger partial charge is 0.205 e. The molecule has 0 bridgehead atoms. The van der Waals surface area contributed by atoms with Crippen molar-refractivity contribution in [1.82, 2.24) is 4.98 Å². The van der Waals surface area contributed by atoms with Crippen LogP contribution in [0, 0.1) is 13.8 Å². The molecule has 0 unspecified atom stereocenters. The van der Waals surface area contributed by atoms with Crippen molar-refractivity contribution in [3.63, 3.8) is 0 Å². The molecule has 0 saturated heterocycles. The number of aryl methyl sites for hydroxylation is 2. The van der Waals surface area contributed by atoms with E-state index in [1.54, 1.807) is 11.3 Å². The van der Waals surface area contributed by atoms with Crippen molar-refractivity contribution < 1.29 is 4.57 Å². The van der Waals surface area contributed by atoms with E-state index in [0.29, 0.717) is 5.92 Å². The Bertz CT molecular complexity index is 512. The van der Waals surface area contributed by atoms with Crippen LogP contribution >= 0.6 is 11.3 Å². The van der Waals surface area contributed by atoms with Gasteiger partial charge < -0.3 is 0 Å². The molecule has 0 aliphatic carbocycles. The van der Waals surface area contributed by atoms with Crippen molar-refractivity contribution in [2.24, 2.45) is 7.05 Å². The minimum atomic E-state index is 0.556. The maximum atomic E-state index is 4.44. The molecule has 0 aromatic carbocycles. The van der Waals surface area contributed by atoms with Crippen LogP contribution in [0.5, 0.6) is 0 Å². The molecule has 2 heterocycles. The Morgan fingerprint density at radius 2 is 2.00 bits per heavy atom. The summed E-state index contributed by atoms with van der Waals surface area (Å²) in [5.41, 5.74) is 7.17. The van der Waals surface area contributed by atoms with Crippen molar-refractivity contribution >= 4 is 21.6 Å². The molecule has 0 aliphatic rings. The quantitative estimate of drug-likeness (QED) is 0.677. The maximum absolute atomic E-state index is 4.44. The summed E-state index contributed by atoms with van der Waals surface area (Å²) >= 11 is 1.74. The minimum Gasteiger partial charge on any atom is -0.238 e. The third kappa shape index (κ3) is 1.46. The molecule has 0 N–H and O–H groups in total. The fourth-order valence-electron chi connectivity index (χ4n) is 2.30. The van der Waals surface area contributed by atoms with E-state index in [-0.39, 0.29) is 0 Å². The number of rotatable bonds is 1. The van der Waals surface area contributed by atoms with Crippen molar-refractivity contribution in [2.75, 3.05) is 0 Å². The fraction of sp³-hybridized carbons (Fsp3) is 0.500. The Morgan fingerprint density at radius 1 is 1.33 bits per heavy atom. The zero-order valence-corrected chi connectivity index (χ0v) is 10.8. The highest BCUT2D eigenvalue weighted by molar-refractivity contribution is 7.17. The van der Waals surface area contributed by atoms with E-state index in [4.69, 9.17) is 0 Å². The zero-order chi connectivity index (χ0) is 11.2. The maximum Gasteiger partial charge on any atom is 0.205 e. The first-order chi connectivity index (χ1) is 7.04. The van der Waals surface area contributed by atoms with Gasteiger partial charge in [0.2, 0.25) is 5.69 Å². The highest BCUT2D eigenvalue weighted by atomic mass is 32.1. The Kier molecular flexibility index (Phi) is 2.51. The van der Waals surface area contributed by atoms with Crippen LogP contribution < -0.4 is 4.57 Å². The molecule has 2 nitrogen and oxygen atoms in total. The van der Waals surface area contributed by atoms with Gasteiger partial charge in [0.15, 0.2) is 5.69 Å². The lowest BCUT2D eigenvalue weighted by atomic mass is 10.0. The predicted molar refractivity (Wildman–Crippen MR) is 64.4 cm³/mol. The van der Waals surface area contributed by atoms with Crippen molar-refractivity contribution in [3.05, 3.63) is 22.5 Å². The average Bonchev–Trinajstić information content (AvgIpc) is 2.62.